The van der Waals surface area contributed by atoms with Crippen LogP contribution >= 0.6 is 0 Å². The van der Waals surface area contributed by atoms with Crippen LogP contribution in [0.1, 0.15) is 18.7 Å². The average Bonchev–Trinajstić information content (AvgIpc) is 2.76. The van der Waals surface area contributed by atoms with Gasteiger partial charge in [-0.15, -0.1) is 14.9 Å². The molecule has 2 aromatic rings. The van der Waals surface area contributed by atoms with Crippen molar-refractivity contribution in [1.82, 2.24) is 19.9 Å². The Morgan fingerprint density at radius 2 is 2.21 bits per heavy atom. The molecule has 1 saturated carbocycles. The summed E-state index contributed by atoms with van der Waals surface area (Å²) >= 11 is 0. The van der Waals surface area contributed by atoms with E-state index >= 15 is 0 Å². The van der Waals surface area contributed by atoms with Gasteiger partial charge >= 0.3 is 6.18 Å². The fourth-order valence-electron chi connectivity index (χ4n) is 2.23. The van der Waals surface area contributed by atoms with Crippen LogP contribution in [0.3, 0.4) is 0 Å². The first-order chi connectivity index (χ1) is 8.91. The molecule has 0 radical (unpaired) electrons. The van der Waals surface area contributed by atoms with Gasteiger partial charge in [-0.25, -0.2) is 0 Å². The van der Waals surface area contributed by atoms with Crippen LogP contribution in [-0.4, -0.2) is 26.0 Å². The van der Waals surface area contributed by atoms with Crippen molar-refractivity contribution in [3.05, 3.63) is 24.5 Å². The van der Waals surface area contributed by atoms with Gasteiger partial charge in [0.25, 0.3) is 5.54 Å². The Balaban J connectivity index is 1.97. The highest BCUT2D eigenvalue weighted by atomic mass is 19.4. The predicted octanol–water partition coefficient (Wildman–Crippen LogP) is 0.576. The van der Waals surface area contributed by atoms with Crippen LogP contribution in [0.2, 0.25) is 0 Å². The zero-order valence-corrected chi connectivity index (χ0v) is 9.85. The third-order valence-corrected chi connectivity index (χ3v) is 3.21. The number of hydrogen-bond acceptors (Lipinski definition) is 3. The highest BCUT2D eigenvalue weighted by Gasteiger charge is 2.60. The lowest BCUT2D eigenvalue weighted by Gasteiger charge is -2.12. The van der Waals surface area contributed by atoms with Gasteiger partial charge in [-0.05, 0) is 0 Å². The van der Waals surface area contributed by atoms with E-state index in [1.54, 1.807) is 17.1 Å². The van der Waals surface area contributed by atoms with E-state index in [0.29, 0.717) is 24.4 Å². The van der Waals surface area contributed by atoms with Crippen molar-refractivity contribution >= 4 is 5.69 Å². The van der Waals surface area contributed by atoms with Gasteiger partial charge in [0.15, 0.2) is 0 Å². The number of nitrogens with one attached hydrogen (secondary N) is 1. The highest BCUT2D eigenvalue weighted by Crippen LogP contribution is 2.44. The molecule has 0 aliphatic heterocycles. The molecule has 0 atom stereocenters. The molecule has 0 bridgehead atoms. The SMILES string of the molecule is Nc1c[nH][n+](C2(c3nncn3CC(F)(F)F)CC2)c1. The Morgan fingerprint density at radius 1 is 1.47 bits per heavy atom. The summed E-state index contributed by atoms with van der Waals surface area (Å²) in [6.07, 6.45) is 1.45. The molecular formula is C10H12F3N6+. The number of halogens is 3. The van der Waals surface area contributed by atoms with Crippen LogP contribution in [0.4, 0.5) is 18.9 Å². The van der Waals surface area contributed by atoms with Crippen LogP contribution in [0, 0.1) is 0 Å². The van der Waals surface area contributed by atoms with Crippen molar-refractivity contribution in [3.8, 4) is 0 Å². The number of nitrogen functional groups attached to an aromatic ring is 1. The van der Waals surface area contributed by atoms with Crippen LogP contribution < -0.4 is 10.4 Å². The van der Waals surface area contributed by atoms with Gasteiger partial charge in [-0.3, -0.25) is 0 Å². The zero-order chi connectivity index (χ0) is 13.7. The van der Waals surface area contributed by atoms with Crippen molar-refractivity contribution in [2.75, 3.05) is 5.73 Å². The minimum Gasteiger partial charge on any atom is -0.392 e. The number of rotatable bonds is 3. The van der Waals surface area contributed by atoms with Crippen molar-refractivity contribution in [3.63, 3.8) is 0 Å². The summed E-state index contributed by atoms with van der Waals surface area (Å²) in [5, 5.41) is 10.4. The first kappa shape index (κ1) is 12.0. The molecule has 9 heteroatoms. The van der Waals surface area contributed by atoms with Gasteiger partial charge in [-0.1, -0.05) is 0 Å². The van der Waals surface area contributed by atoms with Gasteiger partial charge in [-0.2, -0.15) is 18.3 Å². The first-order valence-corrected chi connectivity index (χ1v) is 5.72. The average molecular weight is 273 g/mol. The van der Waals surface area contributed by atoms with Gasteiger partial charge in [0.2, 0.25) is 12.0 Å². The molecule has 102 valence electrons. The molecule has 0 amide bonds. The number of aromatic amines is 1. The maximum absolute atomic E-state index is 12.5. The Morgan fingerprint density at radius 3 is 2.74 bits per heavy atom. The first-order valence-electron chi connectivity index (χ1n) is 5.72. The quantitative estimate of drug-likeness (QED) is 0.803. The molecule has 1 aliphatic rings. The third kappa shape index (κ3) is 2.04. The topological polar surface area (TPSA) is 76.4 Å². The van der Waals surface area contributed by atoms with E-state index in [1.807, 2.05) is 0 Å². The lowest BCUT2D eigenvalue weighted by Crippen LogP contribution is -2.50. The number of aromatic nitrogens is 5. The van der Waals surface area contributed by atoms with Crippen molar-refractivity contribution in [1.29, 1.82) is 0 Å². The Hall–Kier alpha value is -2.06. The molecule has 6 nitrogen and oxygen atoms in total. The summed E-state index contributed by atoms with van der Waals surface area (Å²) < 4.78 is 40.2. The van der Waals surface area contributed by atoms with Gasteiger partial charge in [0.05, 0.1) is 6.20 Å². The Labute approximate surface area is 106 Å². The normalized spacial score (nSPS) is 17.6. The van der Waals surface area contributed by atoms with Crippen LogP contribution in [-0.2, 0) is 12.1 Å². The van der Waals surface area contributed by atoms with Crippen LogP contribution in [0.5, 0.6) is 0 Å². The minimum atomic E-state index is -4.30. The number of nitrogens with two attached hydrogens (primary N) is 1. The number of nitrogens with zero attached hydrogens (tertiary/aromatic N) is 4. The van der Waals surface area contributed by atoms with Gasteiger partial charge < -0.3 is 10.3 Å². The van der Waals surface area contributed by atoms with Crippen LogP contribution in [0.25, 0.3) is 0 Å². The lowest BCUT2D eigenvalue weighted by molar-refractivity contribution is -0.781. The standard InChI is InChI=1S/C10H11F3N6/c11-10(12,13)5-18-6-15-17-8(18)9(1-2-9)19-4-7(14)3-16-19/h3-4,6H,1-2,5,14H2/p+1. The molecule has 3 N–H and O–H groups in total. The summed E-state index contributed by atoms with van der Waals surface area (Å²) in [7, 11) is 0. The smallest absolute Gasteiger partial charge is 0.392 e. The molecule has 0 saturated heterocycles. The van der Waals surface area contributed by atoms with Crippen LogP contribution in [0.15, 0.2) is 18.7 Å². The molecule has 1 aliphatic carbocycles. The van der Waals surface area contributed by atoms with Gasteiger partial charge in [0, 0.05) is 12.8 Å². The number of alkyl halides is 3. The molecule has 19 heavy (non-hydrogen) atoms. The fourth-order valence-corrected chi connectivity index (χ4v) is 2.23. The predicted molar refractivity (Wildman–Crippen MR) is 57.8 cm³/mol. The minimum absolute atomic E-state index is 0.302. The number of H-pyrrole nitrogens is 1. The van der Waals surface area contributed by atoms with E-state index in [2.05, 4.69) is 15.3 Å². The van der Waals surface area contributed by atoms with Gasteiger partial charge in [0.1, 0.15) is 18.6 Å². The molecule has 3 rings (SSSR count). The summed E-state index contributed by atoms with van der Waals surface area (Å²) in [6, 6.07) is 0. The second kappa shape index (κ2) is 3.72. The van der Waals surface area contributed by atoms with E-state index in [4.69, 9.17) is 5.73 Å². The van der Waals surface area contributed by atoms with E-state index < -0.39 is 18.3 Å². The molecule has 2 heterocycles. The molecule has 0 unspecified atom stereocenters. The highest BCUT2D eigenvalue weighted by molar-refractivity contribution is 5.28. The molecule has 0 spiro atoms. The molecule has 0 aromatic carbocycles. The molecule has 1 fully saturated rings. The largest absolute Gasteiger partial charge is 0.406 e. The molecule has 2 aromatic heterocycles. The maximum atomic E-state index is 12.5. The summed E-state index contributed by atoms with van der Waals surface area (Å²) in [5.41, 5.74) is 5.56. The number of anilines is 1. The van der Waals surface area contributed by atoms with E-state index in [1.165, 1.54) is 0 Å². The summed E-state index contributed by atoms with van der Waals surface area (Å²) in [5.74, 6) is 0.302. The second-order valence-electron chi connectivity index (χ2n) is 4.70. The Kier molecular flexibility index (Phi) is 2.35. The van der Waals surface area contributed by atoms with E-state index in [9.17, 15) is 13.2 Å². The zero-order valence-electron chi connectivity index (χ0n) is 9.85. The monoisotopic (exact) mass is 273 g/mol. The van der Waals surface area contributed by atoms with E-state index in [-0.39, 0.29) is 0 Å². The van der Waals surface area contributed by atoms with Crippen molar-refractivity contribution in [2.45, 2.75) is 31.1 Å². The fraction of sp³-hybridized carbons (Fsp3) is 0.500. The second-order valence-corrected chi connectivity index (χ2v) is 4.70. The lowest BCUT2D eigenvalue weighted by atomic mass is 10.2. The molecular weight excluding hydrogens is 261 g/mol. The number of hydrogen-bond donors (Lipinski definition) is 2. The van der Waals surface area contributed by atoms with E-state index in [0.717, 1.165) is 10.9 Å². The van der Waals surface area contributed by atoms with Crippen molar-refractivity contribution < 1.29 is 17.9 Å². The summed E-state index contributed by atoms with van der Waals surface area (Å²) in [6.45, 7) is -1.09. The summed E-state index contributed by atoms with van der Waals surface area (Å²) in [4.78, 5) is 0. The van der Waals surface area contributed by atoms with Crippen molar-refractivity contribution in [2.24, 2.45) is 0 Å². The maximum Gasteiger partial charge on any atom is 0.406 e. The third-order valence-electron chi connectivity index (χ3n) is 3.21. The Bertz CT molecular complexity index is 594.